The average molecular weight is 232 g/mol. The molecule has 0 heterocycles. The molecule has 2 fully saturated rings. The predicted octanol–water partition coefficient (Wildman–Crippen LogP) is 3.98. The monoisotopic (exact) mass is 232 g/mol. The Morgan fingerprint density at radius 1 is 1.29 bits per heavy atom. The molecular formula is C16H24O. The number of carbonyl (C=O) groups is 1. The van der Waals surface area contributed by atoms with E-state index in [0.29, 0.717) is 29.0 Å². The molecule has 3 aliphatic rings. The summed E-state index contributed by atoms with van der Waals surface area (Å²) in [5.41, 5.74) is 1.82. The van der Waals surface area contributed by atoms with Crippen molar-refractivity contribution in [1.82, 2.24) is 0 Å². The molecule has 0 spiro atoms. The van der Waals surface area contributed by atoms with Gasteiger partial charge in [-0.2, -0.15) is 0 Å². The Labute approximate surface area is 105 Å². The van der Waals surface area contributed by atoms with Crippen molar-refractivity contribution < 1.29 is 4.79 Å². The fraction of sp³-hybridized carbons (Fsp3) is 0.812. The van der Waals surface area contributed by atoms with Crippen LogP contribution in [0, 0.1) is 29.1 Å². The second-order valence-corrected chi connectivity index (χ2v) is 7.02. The maximum absolute atomic E-state index is 12.2. The van der Waals surface area contributed by atoms with E-state index < -0.39 is 0 Å². The summed E-state index contributed by atoms with van der Waals surface area (Å²) in [5, 5.41) is 0. The van der Waals surface area contributed by atoms with Crippen molar-refractivity contribution in [2.45, 2.75) is 52.9 Å². The van der Waals surface area contributed by atoms with Crippen molar-refractivity contribution in [2.24, 2.45) is 29.1 Å². The van der Waals surface area contributed by atoms with E-state index in [0.717, 1.165) is 18.8 Å². The number of ketones is 1. The predicted molar refractivity (Wildman–Crippen MR) is 69.6 cm³/mol. The molecule has 0 aliphatic heterocycles. The molecule has 0 aromatic heterocycles. The highest BCUT2D eigenvalue weighted by molar-refractivity contribution is 5.84. The van der Waals surface area contributed by atoms with E-state index in [1.54, 1.807) is 0 Å². The number of rotatable bonds is 0. The lowest BCUT2D eigenvalue weighted by atomic mass is 9.54. The molecule has 2 saturated carbocycles. The average Bonchev–Trinajstić information content (AvgIpc) is 2.60. The third-order valence-corrected chi connectivity index (χ3v) is 5.69. The number of hydrogen-bond acceptors (Lipinski definition) is 1. The van der Waals surface area contributed by atoms with Crippen LogP contribution in [0.1, 0.15) is 52.9 Å². The Bertz CT molecular complexity index is 381. The highest BCUT2D eigenvalue weighted by Gasteiger charge is 2.52. The number of fused-ring (bicyclic) bond motifs is 3. The van der Waals surface area contributed by atoms with Crippen LogP contribution in [0.15, 0.2) is 11.6 Å². The lowest BCUT2D eigenvalue weighted by molar-refractivity contribution is -0.125. The molecule has 0 aromatic rings. The van der Waals surface area contributed by atoms with Gasteiger partial charge in [0.15, 0.2) is 0 Å². The molecule has 5 atom stereocenters. The van der Waals surface area contributed by atoms with Crippen molar-refractivity contribution in [1.29, 1.82) is 0 Å². The standard InChI is InChI=1S/C16H24O/c1-10-4-6-13-15-12(5-7-14(15)17)11(2)9-16(13,3)8-10/h9-10,12-13,15H,4-8H2,1-3H3/t10-,12-,13+,15-,16+/m1/s1. The van der Waals surface area contributed by atoms with Crippen LogP contribution >= 0.6 is 0 Å². The zero-order valence-corrected chi connectivity index (χ0v) is 11.3. The van der Waals surface area contributed by atoms with Crippen LogP contribution in [-0.4, -0.2) is 5.78 Å². The van der Waals surface area contributed by atoms with E-state index in [-0.39, 0.29) is 0 Å². The van der Waals surface area contributed by atoms with Gasteiger partial charge >= 0.3 is 0 Å². The van der Waals surface area contributed by atoms with Crippen LogP contribution in [0.5, 0.6) is 0 Å². The molecule has 0 saturated heterocycles. The van der Waals surface area contributed by atoms with Gasteiger partial charge < -0.3 is 0 Å². The third kappa shape index (κ3) is 1.62. The largest absolute Gasteiger partial charge is 0.299 e. The zero-order chi connectivity index (χ0) is 12.2. The molecular weight excluding hydrogens is 208 g/mol. The van der Waals surface area contributed by atoms with Gasteiger partial charge in [0, 0.05) is 12.3 Å². The van der Waals surface area contributed by atoms with Crippen molar-refractivity contribution in [3.8, 4) is 0 Å². The summed E-state index contributed by atoms with van der Waals surface area (Å²) >= 11 is 0. The molecule has 1 nitrogen and oxygen atoms in total. The summed E-state index contributed by atoms with van der Waals surface area (Å²) in [6.07, 6.45) is 8.37. The van der Waals surface area contributed by atoms with E-state index in [1.165, 1.54) is 24.8 Å². The number of hydrogen-bond donors (Lipinski definition) is 0. The molecule has 0 bridgehead atoms. The molecule has 0 radical (unpaired) electrons. The third-order valence-electron chi connectivity index (χ3n) is 5.69. The maximum Gasteiger partial charge on any atom is 0.136 e. The highest BCUT2D eigenvalue weighted by atomic mass is 16.1. The maximum atomic E-state index is 12.2. The van der Waals surface area contributed by atoms with Gasteiger partial charge in [0.2, 0.25) is 0 Å². The van der Waals surface area contributed by atoms with E-state index in [1.807, 2.05) is 0 Å². The Morgan fingerprint density at radius 3 is 2.82 bits per heavy atom. The Morgan fingerprint density at radius 2 is 2.06 bits per heavy atom. The van der Waals surface area contributed by atoms with Crippen molar-refractivity contribution in [3.05, 3.63) is 11.6 Å². The van der Waals surface area contributed by atoms with Crippen LogP contribution in [0.3, 0.4) is 0 Å². The molecule has 0 N–H and O–H groups in total. The van der Waals surface area contributed by atoms with Gasteiger partial charge in [-0.25, -0.2) is 0 Å². The molecule has 0 amide bonds. The number of Topliss-reactive ketones (excluding diaryl/α,β-unsaturated/α-hetero) is 1. The van der Waals surface area contributed by atoms with Gasteiger partial charge in [0.25, 0.3) is 0 Å². The van der Waals surface area contributed by atoms with Crippen LogP contribution in [0.4, 0.5) is 0 Å². The second-order valence-electron chi connectivity index (χ2n) is 7.02. The van der Waals surface area contributed by atoms with Crippen LogP contribution in [0.2, 0.25) is 0 Å². The topological polar surface area (TPSA) is 17.1 Å². The molecule has 1 heteroatoms. The Kier molecular flexibility index (Phi) is 2.50. The molecule has 0 unspecified atom stereocenters. The normalized spacial score (nSPS) is 49.6. The van der Waals surface area contributed by atoms with Gasteiger partial charge in [0.05, 0.1) is 0 Å². The molecule has 0 aromatic carbocycles. The molecule has 3 rings (SSSR count). The van der Waals surface area contributed by atoms with Crippen molar-refractivity contribution in [3.63, 3.8) is 0 Å². The van der Waals surface area contributed by atoms with Crippen LogP contribution < -0.4 is 0 Å². The van der Waals surface area contributed by atoms with E-state index >= 15 is 0 Å². The molecule has 3 aliphatic carbocycles. The lowest BCUT2D eigenvalue weighted by Crippen LogP contribution is -2.44. The summed E-state index contributed by atoms with van der Waals surface area (Å²) < 4.78 is 0. The summed E-state index contributed by atoms with van der Waals surface area (Å²) in [7, 11) is 0. The minimum atomic E-state index is 0.308. The Hall–Kier alpha value is -0.590. The summed E-state index contributed by atoms with van der Waals surface area (Å²) in [4.78, 5) is 12.2. The quantitative estimate of drug-likeness (QED) is 0.577. The first-order valence-electron chi connectivity index (χ1n) is 7.23. The fourth-order valence-corrected chi connectivity index (χ4v) is 5.07. The SMILES string of the molecule is CC1=C[C@]2(C)C[C@H](C)CC[C@H]2[C@@H]2C(=O)CC[C@H]12. The van der Waals surface area contributed by atoms with Crippen LogP contribution in [0.25, 0.3) is 0 Å². The first kappa shape index (κ1) is 11.5. The number of allylic oxidation sites excluding steroid dienone is 2. The minimum Gasteiger partial charge on any atom is -0.299 e. The fourth-order valence-electron chi connectivity index (χ4n) is 5.07. The van der Waals surface area contributed by atoms with E-state index in [4.69, 9.17) is 0 Å². The first-order valence-corrected chi connectivity index (χ1v) is 7.23. The van der Waals surface area contributed by atoms with Crippen molar-refractivity contribution in [2.75, 3.05) is 0 Å². The molecule has 17 heavy (non-hydrogen) atoms. The number of carbonyl (C=O) groups excluding carboxylic acids is 1. The first-order chi connectivity index (χ1) is 8.01. The lowest BCUT2D eigenvalue weighted by Gasteiger charge is -2.50. The summed E-state index contributed by atoms with van der Waals surface area (Å²) in [6.45, 7) is 7.03. The van der Waals surface area contributed by atoms with Gasteiger partial charge in [-0.1, -0.05) is 31.9 Å². The van der Waals surface area contributed by atoms with E-state index in [9.17, 15) is 4.79 Å². The van der Waals surface area contributed by atoms with Gasteiger partial charge in [-0.3, -0.25) is 4.79 Å². The molecule has 94 valence electrons. The smallest absolute Gasteiger partial charge is 0.136 e. The minimum absolute atomic E-state index is 0.308. The highest BCUT2D eigenvalue weighted by Crippen LogP contribution is 2.57. The second kappa shape index (κ2) is 3.70. The Balaban J connectivity index is 2.01. The van der Waals surface area contributed by atoms with Gasteiger partial charge in [-0.15, -0.1) is 0 Å². The van der Waals surface area contributed by atoms with E-state index in [2.05, 4.69) is 26.8 Å². The summed E-state index contributed by atoms with van der Waals surface area (Å²) in [6, 6.07) is 0. The van der Waals surface area contributed by atoms with Gasteiger partial charge in [-0.05, 0) is 49.4 Å². The van der Waals surface area contributed by atoms with Crippen molar-refractivity contribution >= 4 is 5.78 Å². The van der Waals surface area contributed by atoms with Crippen LogP contribution in [-0.2, 0) is 4.79 Å². The zero-order valence-electron chi connectivity index (χ0n) is 11.3. The van der Waals surface area contributed by atoms with Gasteiger partial charge in [0.1, 0.15) is 5.78 Å². The summed E-state index contributed by atoms with van der Waals surface area (Å²) in [5.74, 6) is 3.00.